The molecule has 0 aromatic carbocycles. The smallest absolute Gasteiger partial charge is 0.320 e. The molecule has 5 heteroatoms. The lowest BCUT2D eigenvalue weighted by molar-refractivity contribution is 0.190. The molecule has 3 rings (SSSR count). The highest BCUT2D eigenvalue weighted by atomic mass is 16.2. The number of pyridine rings is 1. The zero-order valence-electron chi connectivity index (χ0n) is 11.2. The second-order valence-electron chi connectivity index (χ2n) is 5.46. The van der Waals surface area contributed by atoms with Crippen LogP contribution in [0, 0.1) is 5.92 Å². The van der Waals surface area contributed by atoms with Crippen molar-refractivity contribution in [2.24, 2.45) is 5.92 Å². The summed E-state index contributed by atoms with van der Waals surface area (Å²) in [6.45, 7) is 3.75. The zero-order valence-corrected chi connectivity index (χ0v) is 11.2. The molecule has 2 aliphatic heterocycles. The Hall–Kier alpha value is -1.62. The molecule has 0 aliphatic carbocycles. The van der Waals surface area contributed by atoms with E-state index in [1.165, 1.54) is 6.42 Å². The van der Waals surface area contributed by atoms with Crippen LogP contribution in [0.2, 0.25) is 0 Å². The van der Waals surface area contributed by atoms with E-state index in [1.54, 1.807) is 6.20 Å². The maximum atomic E-state index is 12.3. The van der Waals surface area contributed by atoms with E-state index in [-0.39, 0.29) is 12.1 Å². The standard InChI is InChI=1S/C14H20N4O/c1-17-13(12-3-2-5-15-8-12)10-18(14(17)19)9-11-4-6-16-7-11/h2-3,5,8,11,13,16H,4,6-7,9-10H2,1H3. The molecule has 102 valence electrons. The van der Waals surface area contributed by atoms with E-state index in [1.807, 2.05) is 35.2 Å². The van der Waals surface area contributed by atoms with Crippen LogP contribution in [0.25, 0.3) is 0 Å². The molecule has 2 aliphatic rings. The van der Waals surface area contributed by atoms with E-state index < -0.39 is 0 Å². The summed E-state index contributed by atoms with van der Waals surface area (Å²) in [7, 11) is 1.88. The van der Waals surface area contributed by atoms with Gasteiger partial charge < -0.3 is 15.1 Å². The topological polar surface area (TPSA) is 48.5 Å². The molecule has 2 fully saturated rings. The Kier molecular flexibility index (Phi) is 3.38. The van der Waals surface area contributed by atoms with Crippen LogP contribution in [0.3, 0.4) is 0 Å². The maximum Gasteiger partial charge on any atom is 0.320 e. The average Bonchev–Trinajstić information content (AvgIpc) is 3.04. The Bertz CT molecular complexity index is 444. The zero-order chi connectivity index (χ0) is 13.2. The molecule has 2 saturated heterocycles. The van der Waals surface area contributed by atoms with Gasteiger partial charge in [0.1, 0.15) is 0 Å². The van der Waals surface area contributed by atoms with Gasteiger partial charge in [-0.05, 0) is 37.1 Å². The minimum absolute atomic E-state index is 0.135. The number of nitrogens with zero attached hydrogens (tertiary/aromatic N) is 3. The van der Waals surface area contributed by atoms with Gasteiger partial charge in [-0.15, -0.1) is 0 Å². The van der Waals surface area contributed by atoms with Gasteiger partial charge >= 0.3 is 6.03 Å². The van der Waals surface area contributed by atoms with Gasteiger partial charge in [0.25, 0.3) is 0 Å². The predicted molar refractivity (Wildman–Crippen MR) is 72.7 cm³/mol. The van der Waals surface area contributed by atoms with Crippen molar-refractivity contribution in [1.82, 2.24) is 20.1 Å². The van der Waals surface area contributed by atoms with Gasteiger partial charge in [0.15, 0.2) is 0 Å². The van der Waals surface area contributed by atoms with Crippen molar-refractivity contribution in [3.05, 3.63) is 30.1 Å². The van der Waals surface area contributed by atoms with E-state index in [4.69, 9.17) is 0 Å². The van der Waals surface area contributed by atoms with Crippen LogP contribution >= 0.6 is 0 Å². The number of nitrogens with one attached hydrogen (secondary N) is 1. The van der Waals surface area contributed by atoms with E-state index in [0.717, 1.165) is 31.7 Å². The van der Waals surface area contributed by atoms with E-state index in [0.29, 0.717) is 5.92 Å². The number of amides is 2. The van der Waals surface area contributed by atoms with Crippen molar-refractivity contribution in [3.63, 3.8) is 0 Å². The lowest BCUT2D eigenvalue weighted by atomic mass is 10.1. The first kappa shape index (κ1) is 12.4. The second-order valence-corrected chi connectivity index (χ2v) is 5.46. The van der Waals surface area contributed by atoms with Crippen LogP contribution in [0.5, 0.6) is 0 Å². The van der Waals surface area contributed by atoms with E-state index >= 15 is 0 Å². The third kappa shape index (κ3) is 2.42. The van der Waals surface area contributed by atoms with Gasteiger partial charge in [-0.1, -0.05) is 6.07 Å². The summed E-state index contributed by atoms with van der Waals surface area (Å²) in [5.41, 5.74) is 1.12. The molecule has 0 radical (unpaired) electrons. The number of carbonyl (C=O) groups excluding carboxylic acids is 1. The predicted octanol–water partition coefficient (Wildman–Crippen LogP) is 1.10. The fraction of sp³-hybridized carbons (Fsp3) is 0.571. The largest absolute Gasteiger partial charge is 0.322 e. The molecule has 1 N–H and O–H groups in total. The number of likely N-dealkylation sites (N-methyl/N-ethyl adjacent to an activating group) is 1. The Balaban J connectivity index is 1.70. The highest BCUT2D eigenvalue weighted by Gasteiger charge is 2.36. The first-order chi connectivity index (χ1) is 9.25. The number of urea groups is 1. The molecule has 2 unspecified atom stereocenters. The van der Waals surface area contributed by atoms with Gasteiger partial charge in [0, 0.05) is 32.5 Å². The number of rotatable bonds is 3. The summed E-state index contributed by atoms with van der Waals surface area (Å²) in [6, 6.07) is 4.25. The molecule has 19 heavy (non-hydrogen) atoms. The summed E-state index contributed by atoms with van der Waals surface area (Å²) in [4.78, 5) is 20.3. The van der Waals surface area contributed by atoms with Gasteiger partial charge in [0.05, 0.1) is 6.04 Å². The summed E-state index contributed by atoms with van der Waals surface area (Å²) >= 11 is 0. The lowest BCUT2D eigenvalue weighted by Crippen LogP contribution is -2.34. The number of carbonyl (C=O) groups is 1. The fourth-order valence-corrected chi connectivity index (χ4v) is 3.00. The minimum Gasteiger partial charge on any atom is -0.322 e. The van der Waals surface area contributed by atoms with E-state index in [9.17, 15) is 4.79 Å². The maximum absolute atomic E-state index is 12.3. The van der Waals surface area contributed by atoms with Crippen molar-refractivity contribution in [3.8, 4) is 0 Å². The number of aromatic nitrogens is 1. The lowest BCUT2D eigenvalue weighted by Gasteiger charge is -2.19. The molecule has 0 saturated carbocycles. The molecule has 2 atom stereocenters. The molecular weight excluding hydrogens is 240 g/mol. The summed E-state index contributed by atoms with van der Waals surface area (Å²) in [6.07, 6.45) is 4.79. The average molecular weight is 260 g/mol. The molecule has 1 aromatic heterocycles. The summed E-state index contributed by atoms with van der Waals surface area (Å²) < 4.78 is 0. The van der Waals surface area contributed by atoms with Crippen LogP contribution in [0.1, 0.15) is 18.0 Å². The third-order valence-electron chi connectivity index (χ3n) is 4.14. The van der Waals surface area contributed by atoms with Crippen molar-refractivity contribution in [2.75, 3.05) is 33.2 Å². The molecule has 2 amide bonds. The van der Waals surface area contributed by atoms with Gasteiger partial charge in [-0.25, -0.2) is 4.79 Å². The normalized spacial score (nSPS) is 27.3. The number of hydrogen-bond acceptors (Lipinski definition) is 3. The fourth-order valence-electron chi connectivity index (χ4n) is 3.00. The first-order valence-corrected chi connectivity index (χ1v) is 6.88. The Labute approximate surface area is 113 Å². The Morgan fingerprint density at radius 2 is 2.42 bits per heavy atom. The highest BCUT2D eigenvalue weighted by Crippen LogP contribution is 2.28. The van der Waals surface area contributed by atoms with Gasteiger partial charge in [0.2, 0.25) is 0 Å². The Morgan fingerprint density at radius 1 is 1.53 bits per heavy atom. The highest BCUT2D eigenvalue weighted by molar-refractivity contribution is 5.77. The second kappa shape index (κ2) is 5.17. The van der Waals surface area contributed by atoms with Gasteiger partial charge in [-0.2, -0.15) is 0 Å². The monoisotopic (exact) mass is 260 g/mol. The van der Waals surface area contributed by atoms with Gasteiger partial charge in [-0.3, -0.25) is 4.98 Å². The molecule has 0 spiro atoms. The quantitative estimate of drug-likeness (QED) is 0.885. The molecule has 0 bridgehead atoms. The molecule has 5 nitrogen and oxygen atoms in total. The SMILES string of the molecule is CN1C(=O)N(CC2CCNC2)CC1c1cccnc1. The third-order valence-corrected chi connectivity index (χ3v) is 4.14. The Morgan fingerprint density at radius 3 is 3.11 bits per heavy atom. The summed E-state index contributed by atoms with van der Waals surface area (Å²) in [5, 5.41) is 3.35. The molecular formula is C14H20N4O. The molecule has 3 heterocycles. The van der Waals surface area contributed by atoms with Crippen LogP contribution in [0.15, 0.2) is 24.5 Å². The van der Waals surface area contributed by atoms with Crippen LogP contribution in [0.4, 0.5) is 4.79 Å². The minimum atomic E-state index is 0.135. The van der Waals surface area contributed by atoms with E-state index in [2.05, 4.69) is 10.3 Å². The van der Waals surface area contributed by atoms with Crippen molar-refractivity contribution in [2.45, 2.75) is 12.5 Å². The van der Waals surface area contributed by atoms with Crippen LogP contribution in [-0.4, -0.2) is 54.0 Å². The first-order valence-electron chi connectivity index (χ1n) is 6.88. The van der Waals surface area contributed by atoms with Crippen molar-refractivity contribution >= 4 is 6.03 Å². The van der Waals surface area contributed by atoms with Crippen molar-refractivity contribution < 1.29 is 4.79 Å². The molecule has 1 aromatic rings. The number of hydrogen-bond donors (Lipinski definition) is 1. The van der Waals surface area contributed by atoms with Crippen molar-refractivity contribution in [1.29, 1.82) is 0 Å². The van der Waals surface area contributed by atoms with Crippen LogP contribution in [-0.2, 0) is 0 Å². The van der Waals surface area contributed by atoms with Crippen LogP contribution < -0.4 is 5.32 Å². The summed E-state index contributed by atoms with van der Waals surface area (Å²) in [5.74, 6) is 0.602.